The Balaban J connectivity index is 1.46. The van der Waals surface area contributed by atoms with Crippen LogP contribution in [-0.2, 0) is 4.79 Å². The topological polar surface area (TPSA) is 112 Å². The zero-order chi connectivity index (χ0) is 22.2. The lowest BCUT2D eigenvalue weighted by Gasteiger charge is -2.17. The molecule has 0 bridgehead atoms. The lowest BCUT2D eigenvalue weighted by atomic mass is 10.1. The van der Waals surface area contributed by atoms with Crippen LogP contribution in [-0.4, -0.2) is 51.9 Å². The van der Waals surface area contributed by atoms with E-state index in [1.807, 2.05) is 17.9 Å². The number of pyridine rings is 1. The van der Waals surface area contributed by atoms with Crippen molar-refractivity contribution < 1.29 is 14.3 Å². The Hall–Kier alpha value is -3.62. The number of imidazole rings is 1. The van der Waals surface area contributed by atoms with Crippen molar-refractivity contribution >= 4 is 40.2 Å². The second kappa shape index (κ2) is 8.14. The summed E-state index contributed by atoms with van der Waals surface area (Å²) in [4.78, 5) is 39.0. The highest BCUT2D eigenvalue weighted by Gasteiger charge is 2.30. The summed E-state index contributed by atoms with van der Waals surface area (Å²) in [5.74, 6) is 1.82. The van der Waals surface area contributed by atoms with Crippen LogP contribution in [0, 0.1) is 12.8 Å². The Morgan fingerprint density at radius 2 is 1.91 bits per heavy atom. The second-order valence-electron chi connectivity index (χ2n) is 8.38. The van der Waals surface area contributed by atoms with Crippen LogP contribution in [0.15, 0.2) is 24.3 Å². The van der Waals surface area contributed by atoms with Crippen LogP contribution in [0.2, 0.25) is 0 Å². The fraction of sp³-hybridized carbons (Fsp3) is 0.391. The van der Waals surface area contributed by atoms with Gasteiger partial charge >= 0.3 is 0 Å². The Morgan fingerprint density at radius 3 is 2.62 bits per heavy atom. The molecule has 3 aromatic rings. The predicted octanol–water partition coefficient (Wildman–Crippen LogP) is 3.60. The van der Waals surface area contributed by atoms with Crippen molar-refractivity contribution in [3.63, 3.8) is 0 Å². The van der Waals surface area contributed by atoms with Crippen molar-refractivity contribution in [1.29, 1.82) is 0 Å². The number of nitrogens with one attached hydrogen (secondary N) is 3. The molecule has 0 spiro atoms. The number of likely N-dealkylation sites (tertiary alicyclic amines) is 1. The van der Waals surface area contributed by atoms with Crippen LogP contribution >= 0.6 is 0 Å². The summed E-state index contributed by atoms with van der Waals surface area (Å²) in [5.41, 5.74) is 3.22. The number of benzene rings is 1. The number of rotatable bonds is 6. The number of hydrogen-bond acceptors (Lipinski definition) is 6. The van der Waals surface area contributed by atoms with Crippen molar-refractivity contribution in [2.24, 2.45) is 5.92 Å². The summed E-state index contributed by atoms with van der Waals surface area (Å²) in [6.45, 7) is 3.45. The van der Waals surface area contributed by atoms with E-state index in [1.54, 1.807) is 25.3 Å². The molecule has 0 atom stereocenters. The van der Waals surface area contributed by atoms with Gasteiger partial charge in [0, 0.05) is 30.6 Å². The van der Waals surface area contributed by atoms with Gasteiger partial charge in [-0.2, -0.15) is 0 Å². The normalized spacial score (nSPS) is 15.8. The average molecular weight is 435 g/mol. The molecule has 2 amide bonds. The van der Waals surface area contributed by atoms with Crippen LogP contribution < -0.4 is 15.4 Å². The number of anilines is 3. The van der Waals surface area contributed by atoms with E-state index in [0.717, 1.165) is 44.6 Å². The first-order chi connectivity index (χ1) is 15.5. The van der Waals surface area contributed by atoms with Crippen LogP contribution in [0.25, 0.3) is 11.2 Å². The first-order valence-electron chi connectivity index (χ1n) is 10.9. The molecule has 1 aliphatic carbocycles. The molecule has 1 saturated heterocycles. The molecule has 1 aromatic carbocycles. The number of carbonyl (C=O) groups excluding carboxylic acids is 2. The minimum absolute atomic E-state index is 0.0126. The molecule has 1 saturated carbocycles. The zero-order valence-corrected chi connectivity index (χ0v) is 18.2. The summed E-state index contributed by atoms with van der Waals surface area (Å²) in [7, 11) is 1.58. The van der Waals surface area contributed by atoms with E-state index < -0.39 is 0 Å². The molecule has 2 aliphatic rings. The van der Waals surface area contributed by atoms with Crippen molar-refractivity contribution in [2.45, 2.75) is 32.6 Å². The monoisotopic (exact) mass is 434 g/mol. The van der Waals surface area contributed by atoms with Crippen molar-refractivity contribution in [3.05, 3.63) is 35.7 Å². The minimum Gasteiger partial charge on any atom is -0.495 e. The number of methoxy groups -OCH3 is 1. The minimum atomic E-state index is -0.0126. The molecule has 0 radical (unpaired) electrons. The van der Waals surface area contributed by atoms with Gasteiger partial charge in [0.2, 0.25) is 5.91 Å². The third-order valence-electron chi connectivity index (χ3n) is 5.88. The third kappa shape index (κ3) is 3.98. The fourth-order valence-corrected chi connectivity index (χ4v) is 4.01. The number of amides is 2. The van der Waals surface area contributed by atoms with Gasteiger partial charge in [-0.15, -0.1) is 0 Å². The largest absolute Gasteiger partial charge is 0.495 e. The van der Waals surface area contributed by atoms with Gasteiger partial charge in [0.1, 0.15) is 22.9 Å². The lowest BCUT2D eigenvalue weighted by molar-refractivity contribution is -0.117. The number of carbonyl (C=O) groups is 2. The number of fused-ring (bicyclic) bond motifs is 1. The molecular weight excluding hydrogens is 408 g/mol. The van der Waals surface area contributed by atoms with E-state index in [4.69, 9.17) is 4.74 Å². The van der Waals surface area contributed by atoms with Crippen LogP contribution in [0.1, 0.15) is 41.9 Å². The van der Waals surface area contributed by atoms with E-state index in [-0.39, 0.29) is 17.7 Å². The molecular formula is C23H26N6O3. The van der Waals surface area contributed by atoms with E-state index in [0.29, 0.717) is 39.7 Å². The fourth-order valence-electron chi connectivity index (χ4n) is 4.01. The molecule has 1 aliphatic heterocycles. The zero-order valence-electron chi connectivity index (χ0n) is 18.2. The number of aromatic amines is 1. The molecule has 3 heterocycles. The highest BCUT2D eigenvalue weighted by Crippen LogP contribution is 2.34. The van der Waals surface area contributed by atoms with E-state index in [1.165, 1.54) is 0 Å². The third-order valence-corrected chi connectivity index (χ3v) is 5.88. The lowest BCUT2D eigenvalue weighted by Crippen LogP contribution is -2.27. The van der Waals surface area contributed by atoms with Gasteiger partial charge in [0.05, 0.1) is 18.5 Å². The Labute approximate surface area is 185 Å². The molecule has 9 heteroatoms. The maximum Gasteiger partial charge on any atom is 0.253 e. The molecule has 32 heavy (non-hydrogen) atoms. The molecule has 2 aromatic heterocycles. The molecule has 0 unspecified atom stereocenters. The maximum absolute atomic E-state index is 12.8. The Bertz CT molecular complexity index is 1190. The molecule has 2 fully saturated rings. The standard InChI is InChI=1S/C23H26N6O3/c1-13-24-20-17(12-19(27-21(20)25-13)28-22(30)14-5-6-14)26-16-8-7-15(11-18(16)32-2)23(31)29-9-3-4-10-29/h7-8,11-12,14H,3-6,9-10H2,1-2H3,(H3,24,25,26,27,28,30). The van der Waals surface area contributed by atoms with Gasteiger partial charge < -0.3 is 25.3 Å². The van der Waals surface area contributed by atoms with Crippen molar-refractivity contribution in [1.82, 2.24) is 19.9 Å². The SMILES string of the molecule is COc1cc(C(=O)N2CCCC2)ccc1Nc1cc(NC(=O)C2CC2)nc2[nH]c(C)nc12. The summed E-state index contributed by atoms with van der Waals surface area (Å²) in [6.07, 6.45) is 3.93. The number of aryl methyl sites for hydroxylation is 1. The highest BCUT2D eigenvalue weighted by atomic mass is 16.5. The first kappa shape index (κ1) is 20.3. The van der Waals surface area contributed by atoms with E-state index >= 15 is 0 Å². The number of hydrogen-bond donors (Lipinski definition) is 3. The summed E-state index contributed by atoms with van der Waals surface area (Å²) in [5, 5.41) is 6.25. The Kier molecular flexibility index (Phi) is 5.16. The van der Waals surface area contributed by atoms with Gasteiger partial charge in [0.25, 0.3) is 5.91 Å². The molecule has 9 nitrogen and oxygen atoms in total. The average Bonchev–Trinajstić information content (AvgIpc) is 3.36. The van der Waals surface area contributed by atoms with Crippen LogP contribution in [0.4, 0.5) is 17.2 Å². The summed E-state index contributed by atoms with van der Waals surface area (Å²) < 4.78 is 5.58. The molecule has 5 rings (SSSR count). The maximum atomic E-state index is 12.8. The summed E-state index contributed by atoms with van der Waals surface area (Å²) in [6, 6.07) is 7.16. The van der Waals surface area contributed by atoms with Crippen molar-refractivity contribution in [3.8, 4) is 5.75 Å². The van der Waals surface area contributed by atoms with Crippen LogP contribution in [0.5, 0.6) is 5.75 Å². The first-order valence-corrected chi connectivity index (χ1v) is 10.9. The van der Waals surface area contributed by atoms with Gasteiger partial charge in [0.15, 0.2) is 5.65 Å². The number of ether oxygens (including phenoxy) is 1. The molecule has 3 N–H and O–H groups in total. The van der Waals surface area contributed by atoms with Crippen molar-refractivity contribution in [2.75, 3.05) is 30.8 Å². The Morgan fingerprint density at radius 1 is 1.12 bits per heavy atom. The predicted molar refractivity (Wildman–Crippen MR) is 121 cm³/mol. The number of H-pyrrole nitrogens is 1. The smallest absolute Gasteiger partial charge is 0.253 e. The quantitative estimate of drug-likeness (QED) is 0.546. The van der Waals surface area contributed by atoms with Crippen LogP contribution in [0.3, 0.4) is 0 Å². The molecule has 166 valence electrons. The van der Waals surface area contributed by atoms with E-state index in [9.17, 15) is 9.59 Å². The van der Waals surface area contributed by atoms with E-state index in [2.05, 4.69) is 25.6 Å². The van der Waals surface area contributed by atoms with Gasteiger partial charge in [-0.05, 0) is 50.8 Å². The van der Waals surface area contributed by atoms with Gasteiger partial charge in [-0.25, -0.2) is 9.97 Å². The number of aromatic nitrogens is 3. The van der Waals surface area contributed by atoms with Gasteiger partial charge in [-0.1, -0.05) is 0 Å². The summed E-state index contributed by atoms with van der Waals surface area (Å²) >= 11 is 0. The highest BCUT2D eigenvalue weighted by molar-refractivity contribution is 5.98. The number of nitrogens with zero attached hydrogens (tertiary/aromatic N) is 3. The second-order valence-corrected chi connectivity index (χ2v) is 8.38. The van der Waals surface area contributed by atoms with Gasteiger partial charge in [-0.3, -0.25) is 9.59 Å².